The fourth-order valence-electron chi connectivity index (χ4n) is 9.50. The number of para-hydroxylation sites is 1. The monoisotopic (exact) mass is 609 g/mol. The van der Waals surface area contributed by atoms with Crippen LogP contribution in [0.1, 0.15) is 35.1 Å². The molecule has 48 heavy (non-hydrogen) atoms. The highest BCUT2D eigenvalue weighted by atomic mass is 15.1. The molecule has 0 saturated carbocycles. The third-order valence-corrected chi connectivity index (χ3v) is 11.2. The van der Waals surface area contributed by atoms with E-state index in [1.54, 1.807) is 0 Å². The number of hydrogen-bond donors (Lipinski definition) is 0. The van der Waals surface area contributed by atoms with Crippen molar-refractivity contribution in [2.75, 3.05) is 4.90 Å². The molecule has 0 fully saturated rings. The highest BCUT2D eigenvalue weighted by Gasteiger charge is 2.53. The van der Waals surface area contributed by atoms with Crippen molar-refractivity contribution in [3.63, 3.8) is 0 Å². The van der Waals surface area contributed by atoms with Crippen molar-refractivity contribution in [1.82, 2.24) is 0 Å². The molecule has 0 N–H and O–H groups in total. The van der Waals surface area contributed by atoms with E-state index in [1.807, 2.05) is 0 Å². The Bertz CT molecular complexity index is 2630. The zero-order valence-electron chi connectivity index (χ0n) is 26.4. The summed E-state index contributed by atoms with van der Waals surface area (Å²) < 4.78 is 0. The minimum atomic E-state index is -0.406. The summed E-state index contributed by atoms with van der Waals surface area (Å²) in [6, 6.07) is 54.8. The van der Waals surface area contributed by atoms with Crippen LogP contribution in [0.3, 0.4) is 0 Å². The number of nitrogens with zero attached hydrogens (tertiary/aromatic N) is 1. The molecule has 1 spiro atoms. The van der Waals surface area contributed by atoms with Crippen LogP contribution in [-0.4, -0.2) is 0 Å². The van der Waals surface area contributed by atoms with Crippen molar-refractivity contribution in [3.8, 4) is 22.3 Å². The van der Waals surface area contributed by atoms with Gasteiger partial charge in [0.25, 0.3) is 0 Å². The zero-order chi connectivity index (χ0) is 31.4. The highest BCUT2D eigenvalue weighted by molar-refractivity contribution is 6.31. The summed E-state index contributed by atoms with van der Waals surface area (Å²) in [6.45, 7) is 0. The van der Waals surface area contributed by atoms with E-state index in [1.165, 1.54) is 93.9 Å². The molecule has 0 atom stereocenters. The standard InChI is InChI=1S/C47H31N/c1-3-16-31(17-4-1)48(32-18-5-2-6-19-32)42-29-30-15-13-24-37-43(30)44-36(42)23-14-25-38(44)46-45(37)35-22-9-12-28-41(35)47(46)39-26-10-7-20-33(39)34-21-8-11-27-40(34)47/h1,3-5,7-29H,2,6H2. The number of rotatable bonds is 3. The molecule has 0 saturated heterocycles. The van der Waals surface area contributed by atoms with Gasteiger partial charge in [0.1, 0.15) is 0 Å². The van der Waals surface area contributed by atoms with Gasteiger partial charge in [-0.25, -0.2) is 0 Å². The molecular formula is C47H31N. The molecule has 0 unspecified atom stereocenters. The molecule has 0 aliphatic heterocycles. The smallest absolute Gasteiger partial charge is 0.0731 e. The first kappa shape index (κ1) is 26.2. The van der Waals surface area contributed by atoms with Crippen LogP contribution >= 0.6 is 0 Å². The van der Waals surface area contributed by atoms with Gasteiger partial charge in [0, 0.05) is 16.8 Å². The SMILES string of the molecule is C1=CC(N(c2ccccc2)c2cc3cccc4c5c(c6cccc2c6c34)C2(c3ccccc3-c3ccccc32)c2ccccc2-5)=CCC1. The quantitative estimate of drug-likeness (QED) is 0.180. The fraction of sp³-hybridized carbons (Fsp3) is 0.0638. The van der Waals surface area contributed by atoms with Crippen LogP contribution in [0, 0.1) is 0 Å². The third-order valence-electron chi connectivity index (χ3n) is 11.2. The maximum Gasteiger partial charge on any atom is 0.0731 e. The predicted octanol–water partition coefficient (Wildman–Crippen LogP) is 12.3. The van der Waals surface area contributed by atoms with Crippen molar-refractivity contribution in [2.45, 2.75) is 18.3 Å². The average Bonchev–Trinajstić information content (AvgIpc) is 3.63. The normalized spacial score (nSPS) is 15.1. The van der Waals surface area contributed by atoms with Gasteiger partial charge in [-0.2, -0.15) is 0 Å². The number of anilines is 2. The van der Waals surface area contributed by atoms with Gasteiger partial charge in [-0.05, 0) is 109 Å². The first-order valence-electron chi connectivity index (χ1n) is 17.1. The lowest BCUT2D eigenvalue weighted by atomic mass is 9.69. The molecule has 0 heterocycles. The molecule has 3 aliphatic carbocycles. The summed E-state index contributed by atoms with van der Waals surface area (Å²) >= 11 is 0. The van der Waals surface area contributed by atoms with Crippen LogP contribution in [-0.2, 0) is 5.41 Å². The molecular weight excluding hydrogens is 579 g/mol. The van der Waals surface area contributed by atoms with Gasteiger partial charge in [-0.3, -0.25) is 0 Å². The summed E-state index contributed by atoms with van der Waals surface area (Å²) in [6.07, 6.45) is 9.14. The molecule has 8 aromatic carbocycles. The van der Waals surface area contributed by atoms with Crippen molar-refractivity contribution in [2.24, 2.45) is 0 Å². The Kier molecular flexibility index (Phi) is 5.21. The number of benzene rings is 8. The van der Waals surface area contributed by atoms with Crippen LogP contribution in [0.15, 0.2) is 170 Å². The van der Waals surface area contributed by atoms with E-state index in [9.17, 15) is 0 Å². The molecule has 0 bridgehead atoms. The molecule has 0 radical (unpaired) electrons. The summed E-state index contributed by atoms with van der Waals surface area (Å²) in [5.41, 5.74) is 14.2. The van der Waals surface area contributed by atoms with Gasteiger partial charge in [0.05, 0.1) is 11.1 Å². The molecule has 1 heteroatoms. The topological polar surface area (TPSA) is 3.24 Å². The predicted molar refractivity (Wildman–Crippen MR) is 201 cm³/mol. The zero-order valence-corrected chi connectivity index (χ0v) is 26.4. The largest absolute Gasteiger partial charge is 0.310 e. The van der Waals surface area contributed by atoms with Gasteiger partial charge in [-0.1, -0.05) is 140 Å². The third kappa shape index (κ3) is 3.16. The van der Waals surface area contributed by atoms with Crippen LogP contribution in [0.2, 0.25) is 0 Å². The van der Waals surface area contributed by atoms with E-state index in [-0.39, 0.29) is 0 Å². The second kappa shape index (κ2) is 9.56. The van der Waals surface area contributed by atoms with Gasteiger partial charge in [0.2, 0.25) is 0 Å². The summed E-state index contributed by atoms with van der Waals surface area (Å²) in [4.78, 5) is 2.48. The van der Waals surface area contributed by atoms with Crippen LogP contribution in [0.5, 0.6) is 0 Å². The van der Waals surface area contributed by atoms with Crippen molar-refractivity contribution < 1.29 is 0 Å². The van der Waals surface area contributed by atoms with Crippen LogP contribution in [0.25, 0.3) is 54.6 Å². The molecule has 0 amide bonds. The summed E-state index contributed by atoms with van der Waals surface area (Å²) in [5, 5.41) is 7.96. The van der Waals surface area contributed by atoms with E-state index in [2.05, 4.69) is 169 Å². The second-order valence-corrected chi connectivity index (χ2v) is 13.4. The highest BCUT2D eigenvalue weighted by Crippen LogP contribution is 2.66. The minimum absolute atomic E-state index is 0.406. The maximum atomic E-state index is 2.48. The Labute approximate surface area is 280 Å². The Balaban J connectivity index is 1.34. The first-order valence-corrected chi connectivity index (χ1v) is 17.1. The van der Waals surface area contributed by atoms with E-state index >= 15 is 0 Å². The number of fused-ring (bicyclic) bond motifs is 12. The lowest BCUT2D eigenvalue weighted by Crippen LogP contribution is -2.26. The van der Waals surface area contributed by atoms with Gasteiger partial charge < -0.3 is 4.90 Å². The van der Waals surface area contributed by atoms with E-state index in [0.717, 1.165) is 12.8 Å². The van der Waals surface area contributed by atoms with Gasteiger partial charge >= 0.3 is 0 Å². The number of allylic oxidation sites excluding steroid dienone is 3. The average molecular weight is 610 g/mol. The summed E-state index contributed by atoms with van der Waals surface area (Å²) in [5.74, 6) is 0. The molecule has 3 aliphatic rings. The second-order valence-electron chi connectivity index (χ2n) is 13.4. The molecule has 8 aromatic rings. The Morgan fingerprint density at radius 3 is 1.85 bits per heavy atom. The van der Waals surface area contributed by atoms with Gasteiger partial charge in [0.15, 0.2) is 0 Å². The van der Waals surface area contributed by atoms with Gasteiger partial charge in [-0.15, -0.1) is 0 Å². The molecule has 11 rings (SSSR count). The lowest BCUT2D eigenvalue weighted by Gasteiger charge is -2.33. The van der Waals surface area contributed by atoms with Crippen molar-refractivity contribution >= 4 is 43.7 Å². The van der Waals surface area contributed by atoms with Crippen molar-refractivity contribution in [3.05, 3.63) is 192 Å². The van der Waals surface area contributed by atoms with E-state index in [0.29, 0.717) is 0 Å². The Hall–Kier alpha value is -5.92. The minimum Gasteiger partial charge on any atom is -0.310 e. The molecule has 1 nitrogen and oxygen atoms in total. The fourth-order valence-corrected chi connectivity index (χ4v) is 9.50. The molecule has 0 aromatic heterocycles. The first-order chi connectivity index (χ1) is 23.9. The van der Waals surface area contributed by atoms with E-state index < -0.39 is 5.41 Å². The van der Waals surface area contributed by atoms with Crippen molar-refractivity contribution in [1.29, 1.82) is 0 Å². The Morgan fingerprint density at radius 2 is 1.12 bits per heavy atom. The van der Waals surface area contributed by atoms with Crippen LogP contribution in [0.4, 0.5) is 11.4 Å². The molecule has 224 valence electrons. The van der Waals surface area contributed by atoms with E-state index in [4.69, 9.17) is 0 Å². The maximum absolute atomic E-state index is 2.48. The number of hydrogen-bond acceptors (Lipinski definition) is 1. The lowest BCUT2D eigenvalue weighted by molar-refractivity contribution is 0.802. The Morgan fingerprint density at radius 1 is 0.500 bits per heavy atom. The summed E-state index contributed by atoms with van der Waals surface area (Å²) in [7, 11) is 0. The van der Waals surface area contributed by atoms with Crippen LogP contribution < -0.4 is 4.90 Å².